The second kappa shape index (κ2) is 5.75. The van der Waals surface area contributed by atoms with Gasteiger partial charge in [0.05, 0.1) is 5.69 Å². The molecule has 1 heterocycles. The fourth-order valence-corrected chi connectivity index (χ4v) is 2.34. The summed E-state index contributed by atoms with van der Waals surface area (Å²) in [5, 5.41) is 4.36. The zero-order chi connectivity index (χ0) is 14.0. The summed E-state index contributed by atoms with van der Waals surface area (Å²) in [6.07, 6.45) is 0.793. The molecule has 2 aromatic rings. The van der Waals surface area contributed by atoms with Gasteiger partial charge in [-0.15, -0.1) is 0 Å². The average molecular weight is 324 g/mol. The third kappa shape index (κ3) is 2.98. The van der Waals surface area contributed by atoms with Gasteiger partial charge in [-0.25, -0.2) is 0 Å². The second-order valence-electron chi connectivity index (χ2n) is 4.52. The Hall–Kier alpha value is -1.33. The first-order chi connectivity index (χ1) is 9.02. The summed E-state index contributed by atoms with van der Waals surface area (Å²) in [7, 11) is 1.91. The highest BCUT2D eigenvalue weighted by atomic mass is 79.9. The van der Waals surface area contributed by atoms with Crippen molar-refractivity contribution in [2.24, 2.45) is 12.8 Å². The van der Waals surface area contributed by atoms with Gasteiger partial charge in [-0.1, -0.05) is 22.0 Å². The van der Waals surface area contributed by atoms with Crippen molar-refractivity contribution < 1.29 is 4.74 Å². The van der Waals surface area contributed by atoms with E-state index in [0.717, 1.165) is 39.3 Å². The zero-order valence-electron chi connectivity index (χ0n) is 11.4. The van der Waals surface area contributed by atoms with E-state index in [9.17, 15) is 0 Å². The first kappa shape index (κ1) is 14.1. The van der Waals surface area contributed by atoms with Gasteiger partial charge in [0.1, 0.15) is 11.4 Å². The molecule has 0 aliphatic rings. The third-order valence-electron chi connectivity index (χ3n) is 3.10. The fraction of sp³-hybridized carbons (Fsp3) is 0.357. The maximum Gasteiger partial charge on any atom is 0.171 e. The lowest BCUT2D eigenvalue weighted by Crippen LogP contribution is -2.04. The van der Waals surface area contributed by atoms with Crippen LogP contribution in [0.3, 0.4) is 0 Å². The van der Waals surface area contributed by atoms with E-state index in [1.165, 1.54) is 0 Å². The van der Waals surface area contributed by atoms with Crippen LogP contribution < -0.4 is 10.5 Å². The molecular weight excluding hydrogens is 306 g/mol. The number of aromatic nitrogens is 2. The van der Waals surface area contributed by atoms with Crippen LogP contribution in [-0.4, -0.2) is 16.3 Å². The molecule has 2 N–H and O–H groups in total. The maximum atomic E-state index is 6.06. The molecule has 1 aromatic heterocycles. The van der Waals surface area contributed by atoms with Crippen LogP contribution in [0.5, 0.6) is 11.5 Å². The van der Waals surface area contributed by atoms with Crippen molar-refractivity contribution in [1.82, 2.24) is 9.78 Å². The number of hydrogen-bond donors (Lipinski definition) is 1. The summed E-state index contributed by atoms with van der Waals surface area (Å²) in [5.41, 5.74) is 8.64. The van der Waals surface area contributed by atoms with Gasteiger partial charge >= 0.3 is 0 Å². The van der Waals surface area contributed by atoms with Crippen molar-refractivity contribution in [1.29, 1.82) is 0 Å². The molecule has 5 heteroatoms. The summed E-state index contributed by atoms with van der Waals surface area (Å²) in [5.74, 6) is 1.65. The molecular formula is C14H18BrN3O. The van der Waals surface area contributed by atoms with Crippen LogP contribution >= 0.6 is 15.9 Å². The summed E-state index contributed by atoms with van der Waals surface area (Å²) in [6, 6.07) is 6.00. The quantitative estimate of drug-likeness (QED) is 0.940. The van der Waals surface area contributed by atoms with Crippen molar-refractivity contribution in [2.45, 2.75) is 20.3 Å². The number of aryl methyl sites for hydroxylation is 2. The molecule has 4 nitrogen and oxygen atoms in total. The van der Waals surface area contributed by atoms with Crippen LogP contribution in [0.1, 0.15) is 17.0 Å². The van der Waals surface area contributed by atoms with Crippen molar-refractivity contribution >= 4 is 15.9 Å². The monoisotopic (exact) mass is 323 g/mol. The molecule has 0 radical (unpaired) electrons. The molecule has 0 amide bonds. The molecule has 0 bridgehead atoms. The van der Waals surface area contributed by atoms with E-state index < -0.39 is 0 Å². The maximum absolute atomic E-state index is 6.06. The molecule has 0 unspecified atom stereocenters. The van der Waals surface area contributed by atoms with E-state index in [2.05, 4.69) is 21.0 Å². The first-order valence-corrected chi connectivity index (χ1v) is 6.98. The van der Waals surface area contributed by atoms with Crippen molar-refractivity contribution in [2.75, 3.05) is 6.54 Å². The molecule has 0 spiro atoms. The van der Waals surface area contributed by atoms with E-state index in [4.69, 9.17) is 10.5 Å². The number of ether oxygens (including phenoxy) is 1. The fourth-order valence-electron chi connectivity index (χ4n) is 2.00. The van der Waals surface area contributed by atoms with Crippen LogP contribution in [0.15, 0.2) is 22.7 Å². The Morgan fingerprint density at radius 1 is 1.37 bits per heavy atom. The van der Waals surface area contributed by atoms with Crippen LogP contribution in [0.25, 0.3) is 0 Å². The summed E-state index contributed by atoms with van der Waals surface area (Å²) in [6.45, 7) is 4.54. The Morgan fingerprint density at radius 2 is 2.11 bits per heavy atom. The highest BCUT2D eigenvalue weighted by Crippen LogP contribution is 2.32. The summed E-state index contributed by atoms with van der Waals surface area (Å²) >= 11 is 3.47. The number of rotatable bonds is 4. The topological polar surface area (TPSA) is 53.1 Å². The lowest BCUT2D eigenvalue weighted by molar-refractivity contribution is 0.467. The van der Waals surface area contributed by atoms with E-state index in [1.807, 2.05) is 43.8 Å². The molecule has 0 aliphatic heterocycles. The molecule has 2 rings (SSSR count). The molecule has 1 aromatic carbocycles. The first-order valence-electron chi connectivity index (χ1n) is 6.19. The van der Waals surface area contributed by atoms with Crippen molar-refractivity contribution in [3.05, 3.63) is 39.6 Å². The molecule has 0 saturated carbocycles. The second-order valence-corrected chi connectivity index (χ2v) is 5.43. The van der Waals surface area contributed by atoms with Gasteiger partial charge in [0.2, 0.25) is 0 Å². The zero-order valence-corrected chi connectivity index (χ0v) is 13.0. The highest BCUT2D eigenvalue weighted by Gasteiger charge is 2.14. The van der Waals surface area contributed by atoms with Crippen molar-refractivity contribution in [3.8, 4) is 11.5 Å². The van der Waals surface area contributed by atoms with Gasteiger partial charge < -0.3 is 10.5 Å². The Morgan fingerprint density at radius 3 is 2.68 bits per heavy atom. The lowest BCUT2D eigenvalue weighted by Gasteiger charge is -2.11. The van der Waals surface area contributed by atoms with Gasteiger partial charge in [-0.2, -0.15) is 5.10 Å². The number of benzene rings is 1. The molecule has 0 aliphatic carbocycles. The average Bonchev–Trinajstić information content (AvgIpc) is 2.59. The third-order valence-corrected chi connectivity index (χ3v) is 3.59. The van der Waals surface area contributed by atoms with Gasteiger partial charge in [0, 0.05) is 11.5 Å². The smallest absolute Gasteiger partial charge is 0.171 e. The van der Waals surface area contributed by atoms with Gasteiger partial charge in [0.25, 0.3) is 0 Å². The number of halogens is 1. The number of nitrogens with zero attached hydrogens (tertiary/aromatic N) is 2. The normalized spacial score (nSPS) is 10.8. The molecule has 0 atom stereocenters. The predicted molar refractivity (Wildman–Crippen MR) is 79.7 cm³/mol. The summed E-state index contributed by atoms with van der Waals surface area (Å²) < 4.78 is 8.87. The van der Waals surface area contributed by atoms with Crippen molar-refractivity contribution in [3.63, 3.8) is 0 Å². The van der Waals surface area contributed by atoms with E-state index in [1.54, 1.807) is 0 Å². The van der Waals surface area contributed by atoms with Crippen LogP contribution in [-0.2, 0) is 13.5 Å². The molecule has 0 fully saturated rings. The van der Waals surface area contributed by atoms with E-state index in [-0.39, 0.29) is 0 Å². The molecule has 0 saturated heterocycles. The van der Waals surface area contributed by atoms with E-state index >= 15 is 0 Å². The van der Waals surface area contributed by atoms with E-state index in [0.29, 0.717) is 6.54 Å². The minimum absolute atomic E-state index is 0.600. The van der Waals surface area contributed by atoms with Gasteiger partial charge in [0.15, 0.2) is 5.75 Å². The Balaban J connectivity index is 2.39. The SMILES string of the molecule is Cc1nn(C)c(C)c1Oc1cc(Br)ccc1CCN. The molecule has 19 heavy (non-hydrogen) atoms. The van der Waals surface area contributed by atoms with Crippen LogP contribution in [0.4, 0.5) is 0 Å². The van der Waals surface area contributed by atoms with Crippen LogP contribution in [0.2, 0.25) is 0 Å². The lowest BCUT2D eigenvalue weighted by atomic mass is 10.1. The number of nitrogens with two attached hydrogens (primary N) is 1. The Labute approximate surface area is 121 Å². The van der Waals surface area contributed by atoms with Crippen LogP contribution in [0, 0.1) is 13.8 Å². The Bertz CT molecular complexity index is 593. The Kier molecular flexibility index (Phi) is 4.27. The summed E-state index contributed by atoms with van der Waals surface area (Å²) in [4.78, 5) is 0. The standard InChI is InChI=1S/C14H18BrN3O/c1-9-14(10(2)18(3)17-9)19-13-8-12(15)5-4-11(13)6-7-16/h4-5,8H,6-7,16H2,1-3H3. The largest absolute Gasteiger partial charge is 0.453 e. The van der Waals surface area contributed by atoms with Gasteiger partial charge in [-0.05, 0) is 44.5 Å². The minimum atomic E-state index is 0.600. The molecule has 102 valence electrons. The minimum Gasteiger partial charge on any atom is -0.453 e. The number of hydrogen-bond acceptors (Lipinski definition) is 3. The highest BCUT2D eigenvalue weighted by molar-refractivity contribution is 9.10. The van der Waals surface area contributed by atoms with Gasteiger partial charge in [-0.3, -0.25) is 4.68 Å². The predicted octanol–water partition coefficient (Wildman–Crippen LogP) is 3.09.